The van der Waals surface area contributed by atoms with Gasteiger partial charge in [-0.25, -0.2) is 4.39 Å². The molecule has 0 saturated carbocycles. The molecule has 0 atom stereocenters. The average molecular weight is 389 g/mol. The molecule has 0 fully saturated rings. The summed E-state index contributed by atoms with van der Waals surface area (Å²) in [6.45, 7) is 4.52. The lowest BCUT2D eigenvalue weighted by atomic mass is 10.2. The SMILES string of the molecule is C=CCN(Cc1ccc(Cl)s1)C(=O)c1ccc(F)c(Br)c1. The summed E-state index contributed by atoms with van der Waals surface area (Å²) in [6, 6.07) is 7.91. The minimum absolute atomic E-state index is 0.180. The van der Waals surface area contributed by atoms with E-state index >= 15 is 0 Å². The van der Waals surface area contributed by atoms with Gasteiger partial charge in [0.2, 0.25) is 0 Å². The Kier molecular flexibility index (Phi) is 5.56. The molecule has 1 aromatic heterocycles. The van der Waals surface area contributed by atoms with Crippen LogP contribution in [0.4, 0.5) is 4.39 Å². The van der Waals surface area contributed by atoms with Crippen LogP contribution in [0.1, 0.15) is 15.2 Å². The van der Waals surface area contributed by atoms with Gasteiger partial charge in [-0.05, 0) is 46.3 Å². The second-order valence-electron chi connectivity index (χ2n) is 4.31. The van der Waals surface area contributed by atoms with Crippen molar-refractivity contribution >= 4 is 44.8 Å². The second-order valence-corrected chi connectivity index (χ2v) is 6.96. The van der Waals surface area contributed by atoms with Crippen LogP contribution in [0.5, 0.6) is 0 Å². The van der Waals surface area contributed by atoms with Crippen molar-refractivity contribution in [3.8, 4) is 0 Å². The first-order valence-electron chi connectivity index (χ1n) is 6.10. The summed E-state index contributed by atoms with van der Waals surface area (Å²) in [5.41, 5.74) is 0.424. The van der Waals surface area contributed by atoms with Crippen molar-refractivity contribution in [3.63, 3.8) is 0 Å². The molecule has 0 aliphatic rings. The van der Waals surface area contributed by atoms with Crippen LogP contribution in [0.2, 0.25) is 4.34 Å². The number of rotatable bonds is 5. The first kappa shape index (κ1) is 16.2. The molecule has 1 amide bonds. The number of hydrogen-bond donors (Lipinski definition) is 0. The average Bonchev–Trinajstić information content (AvgIpc) is 2.86. The molecule has 0 aliphatic carbocycles. The summed E-state index contributed by atoms with van der Waals surface area (Å²) in [5.74, 6) is -0.577. The van der Waals surface area contributed by atoms with Crippen LogP contribution in [-0.2, 0) is 6.54 Å². The van der Waals surface area contributed by atoms with Crippen molar-refractivity contribution < 1.29 is 9.18 Å². The Balaban J connectivity index is 2.22. The Morgan fingerprint density at radius 3 is 2.76 bits per heavy atom. The molecule has 2 rings (SSSR count). The first-order chi connectivity index (χ1) is 10.0. The Morgan fingerprint density at radius 1 is 1.43 bits per heavy atom. The quantitative estimate of drug-likeness (QED) is 0.650. The van der Waals surface area contributed by atoms with Gasteiger partial charge < -0.3 is 4.90 Å². The zero-order valence-corrected chi connectivity index (χ0v) is 14.1. The van der Waals surface area contributed by atoms with Crippen molar-refractivity contribution in [1.82, 2.24) is 4.90 Å². The molecule has 1 aromatic carbocycles. The summed E-state index contributed by atoms with van der Waals surface area (Å²) in [4.78, 5) is 15.1. The highest BCUT2D eigenvalue weighted by Gasteiger charge is 2.17. The normalized spacial score (nSPS) is 10.4. The van der Waals surface area contributed by atoms with E-state index in [4.69, 9.17) is 11.6 Å². The van der Waals surface area contributed by atoms with E-state index < -0.39 is 5.82 Å². The third kappa shape index (κ3) is 4.15. The molecular weight excluding hydrogens is 377 g/mol. The first-order valence-corrected chi connectivity index (χ1v) is 8.09. The number of benzene rings is 1. The minimum atomic E-state index is -0.396. The molecule has 0 radical (unpaired) electrons. The molecule has 0 bridgehead atoms. The molecule has 110 valence electrons. The Bertz CT molecular complexity index is 673. The van der Waals surface area contributed by atoms with Crippen molar-refractivity contribution in [3.05, 3.63) is 68.1 Å². The zero-order chi connectivity index (χ0) is 15.4. The van der Waals surface area contributed by atoms with Gasteiger partial charge in [0.15, 0.2) is 0 Å². The molecule has 1 heterocycles. The number of thiophene rings is 1. The van der Waals surface area contributed by atoms with E-state index in [0.717, 1.165) is 4.88 Å². The highest BCUT2D eigenvalue weighted by Crippen LogP contribution is 2.24. The highest BCUT2D eigenvalue weighted by atomic mass is 79.9. The summed E-state index contributed by atoms with van der Waals surface area (Å²) in [6.07, 6.45) is 1.66. The Labute approximate surface area is 140 Å². The van der Waals surface area contributed by atoms with Crippen molar-refractivity contribution in [2.24, 2.45) is 0 Å². The van der Waals surface area contributed by atoms with Crippen LogP contribution in [0, 0.1) is 5.82 Å². The molecule has 0 spiro atoms. The van der Waals surface area contributed by atoms with Gasteiger partial charge in [-0.1, -0.05) is 17.7 Å². The van der Waals surface area contributed by atoms with Gasteiger partial charge in [-0.15, -0.1) is 17.9 Å². The minimum Gasteiger partial charge on any atom is -0.330 e. The molecule has 0 saturated heterocycles. The van der Waals surface area contributed by atoms with Crippen LogP contribution in [0.3, 0.4) is 0 Å². The van der Waals surface area contributed by atoms with E-state index in [1.807, 2.05) is 6.07 Å². The number of nitrogens with zero attached hydrogens (tertiary/aromatic N) is 1. The van der Waals surface area contributed by atoms with Gasteiger partial charge in [-0.3, -0.25) is 4.79 Å². The van der Waals surface area contributed by atoms with Crippen LogP contribution >= 0.6 is 38.9 Å². The maximum absolute atomic E-state index is 13.3. The molecule has 2 aromatic rings. The van der Waals surface area contributed by atoms with Crippen LogP contribution in [-0.4, -0.2) is 17.4 Å². The van der Waals surface area contributed by atoms with E-state index in [9.17, 15) is 9.18 Å². The molecule has 21 heavy (non-hydrogen) atoms. The summed E-state index contributed by atoms with van der Waals surface area (Å²) < 4.78 is 14.2. The van der Waals surface area contributed by atoms with Crippen LogP contribution in [0.15, 0.2) is 47.5 Å². The van der Waals surface area contributed by atoms with E-state index in [-0.39, 0.29) is 10.4 Å². The smallest absolute Gasteiger partial charge is 0.254 e. The zero-order valence-electron chi connectivity index (χ0n) is 11.0. The number of hydrogen-bond acceptors (Lipinski definition) is 2. The van der Waals surface area contributed by atoms with Gasteiger partial charge in [0.1, 0.15) is 5.82 Å². The monoisotopic (exact) mass is 387 g/mol. The Morgan fingerprint density at radius 2 is 2.19 bits per heavy atom. The number of carbonyl (C=O) groups is 1. The van der Waals surface area contributed by atoms with Crippen LogP contribution < -0.4 is 0 Å². The predicted octanol–water partition coefficient (Wildman–Crippen LogP) is 5.13. The van der Waals surface area contributed by atoms with Gasteiger partial charge in [-0.2, -0.15) is 0 Å². The lowest BCUT2D eigenvalue weighted by Crippen LogP contribution is -2.30. The maximum atomic E-state index is 13.3. The maximum Gasteiger partial charge on any atom is 0.254 e. The predicted molar refractivity (Wildman–Crippen MR) is 88.4 cm³/mol. The molecule has 0 N–H and O–H groups in total. The van der Waals surface area contributed by atoms with Crippen LogP contribution in [0.25, 0.3) is 0 Å². The molecule has 2 nitrogen and oxygen atoms in total. The third-order valence-corrected chi connectivity index (χ3v) is 4.60. The third-order valence-electron chi connectivity index (χ3n) is 2.78. The van der Waals surface area contributed by atoms with Crippen molar-refractivity contribution in [2.45, 2.75) is 6.54 Å². The fourth-order valence-corrected chi connectivity index (χ4v) is 3.29. The van der Waals surface area contributed by atoms with Gasteiger partial charge >= 0.3 is 0 Å². The summed E-state index contributed by atoms with van der Waals surface area (Å²) in [5, 5.41) is 0. The molecule has 6 heteroatoms. The molecule has 0 aliphatic heterocycles. The second kappa shape index (κ2) is 7.20. The van der Waals surface area contributed by atoms with E-state index in [2.05, 4.69) is 22.5 Å². The Hall–Kier alpha value is -1.17. The fourth-order valence-electron chi connectivity index (χ4n) is 1.81. The standard InChI is InChI=1S/C15H12BrClFNOS/c1-2-7-19(9-11-4-6-14(17)21-11)15(20)10-3-5-13(18)12(16)8-10/h2-6,8H,1,7,9H2. The van der Waals surface area contributed by atoms with Gasteiger partial charge in [0.25, 0.3) is 5.91 Å². The number of amides is 1. The van der Waals surface area contributed by atoms with Crippen molar-refractivity contribution in [2.75, 3.05) is 6.54 Å². The van der Waals surface area contributed by atoms with E-state index in [1.54, 1.807) is 17.0 Å². The van der Waals surface area contributed by atoms with Gasteiger partial charge in [0, 0.05) is 17.0 Å². The topological polar surface area (TPSA) is 20.3 Å². The number of carbonyl (C=O) groups excluding carboxylic acids is 1. The summed E-state index contributed by atoms with van der Waals surface area (Å²) >= 11 is 10.4. The molecular formula is C15H12BrClFNOS. The lowest BCUT2D eigenvalue weighted by molar-refractivity contribution is 0.0764. The highest BCUT2D eigenvalue weighted by molar-refractivity contribution is 9.10. The van der Waals surface area contributed by atoms with Crippen molar-refractivity contribution in [1.29, 1.82) is 0 Å². The largest absolute Gasteiger partial charge is 0.330 e. The molecule has 0 unspecified atom stereocenters. The summed E-state index contributed by atoms with van der Waals surface area (Å²) in [7, 11) is 0. The number of halogens is 3. The lowest BCUT2D eigenvalue weighted by Gasteiger charge is -2.20. The fraction of sp³-hybridized carbons (Fsp3) is 0.133. The van der Waals surface area contributed by atoms with E-state index in [0.29, 0.717) is 23.0 Å². The van der Waals surface area contributed by atoms with E-state index in [1.165, 1.54) is 29.5 Å². The van der Waals surface area contributed by atoms with Gasteiger partial charge in [0.05, 0.1) is 15.4 Å².